The Balaban J connectivity index is 1.18. The molecule has 22 heavy (non-hydrogen) atoms. The highest BCUT2D eigenvalue weighted by molar-refractivity contribution is 5.77. The number of piperidine rings is 1. The van der Waals surface area contributed by atoms with Gasteiger partial charge in [-0.15, -0.1) is 0 Å². The molecular formula is C19H24N2O. The summed E-state index contributed by atoms with van der Waals surface area (Å²) in [5.41, 5.74) is 2.98. The largest absolute Gasteiger partial charge is 0.352 e. The standard InChI is InChI=1S/C19H24N2O/c22-17(9-11-7-13-5-6-14(8-11)20-13)21-19-16-10-12-3-1-2-4-15(12)18(16)19/h1-4,11,13-14,16,18-20H,5-10H2,(H,21,22). The van der Waals surface area contributed by atoms with E-state index in [4.69, 9.17) is 0 Å². The second-order valence-electron chi connectivity index (χ2n) is 7.87. The summed E-state index contributed by atoms with van der Waals surface area (Å²) in [6.07, 6.45) is 6.92. The number of hydrogen-bond donors (Lipinski definition) is 2. The summed E-state index contributed by atoms with van der Waals surface area (Å²) >= 11 is 0. The molecule has 3 heteroatoms. The number of carbonyl (C=O) groups is 1. The van der Waals surface area contributed by atoms with E-state index in [1.807, 2.05) is 0 Å². The maximum atomic E-state index is 12.4. The molecule has 2 N–H and O–H groups in total. The first-order valence-corrected chi connectivity index (χ1v) is 8.91. The molecule has 0 spiro atoms. The van der Waals surface area contributed by atoms with Crippen molar-refractivity contribution >= 4 is 5.91 Å². The van der Waals surface area contributed by atoms with Crippen LogP contribution in [0.3, 0.4) is 0 Å². The van der Waals surface area contributed by atoms with Gasteiger partial charge >= 0.3 is 0 Å². The predicted molar refractivity (Wildman–Crippen MR) is 85.6 cm³/mol. The SMILES string of the molecule is O=C(CC1CC2CCC(C1)N2)NC1C2Cc3ccccc3C21. The number of rotatable bonds is 3. The third-order valence-electron chi connectivity index (χ3n) is 6.41. The van der Waals surface area contributed by atoms with Gasteiger partial charge in [0.2, 0.25) is 5.91 Å². The minimum atomic E-state index is 0.295. The van der Waals surface area contributed by atoms with E-state index in [0.717, 1.165) is 12.8 Å². The Labute approximate surface area is 131 Å². The summed E-state index contributed by atoms with van der Waals surface area (Å²) in [6, 6.07) is 10.5. The molecule has 2 bridgehead atoms. The molecule has 2 heterocycles. The van der Waals surface area contributed by atoms with Gasteiger partial charge in [0.05, 0.1) is 0 Å². The molecule has 3 fully saturated rings. The lowest BCUT2D eigenvalue weighted by molar-refractivity contribution is -0.122. The highest BCUT2D eigenvalue weighted by Gasteiger charge is 2.56. The quantitative estimate of drug-likeness (QED) is 0.899. The molecule has 2 aliphatic carbocycles. The first-order valence-electron chi connectivity index (χ1n) is 8.91. The molecule has 5 atom stereocenters. The molecule has 4 aliphatic rings. The summed E-state index contributed by atoms with van der Waals surface area (Å²) in [5.74, 6) is 2.17. The van der Waals surface area contributed by atoms with E-state index in [1.54, 1.807) is 0 Å². The molecule has 1 aromatic rings. The molecule has 0 aromatic heterocycles. The van der Waals surface area contributed by atoms with E-state index in [0.29, 0.717) is 41.8 Å². The molecule has 1 saturated carbocycles. The predicted octanol–water partition coefficient (Wildman–Crippen LogP) is 2.36. The van der Waals surface area contributed by atoms with Gasteiger partial charge < -0.3 is 10.6 Å². The summed E-state index contributed by atoms with van der Waals surface area (Å²) in [7, 11) is 0. The van der Waals surface area contributed by atoms with Crippen LogP contribution in [0, 0.1) is 11.8 Å². The lowest BCUT2D eigenvalue weighted by atomic mass is 9.89. The van der Waals surface area contributed by atoms with E-state index in [9.17, 15) is 4.79 Å². The Morgan fingerprint density at radius 2 is 1.95 bits per heavy atom. The Bertz CT molecular complexity index is 601. The van der Waals surface area contributed by atoms with Gasteiger partial charge in [0.15, 0.2) is 0 Å². The lowest BCUT2D eigenvalue weighted by Crippen LogP contribution is -2.40. The van der Waals surface area contributed by atoms with Gasteiger partial charge in [-0.25, -0.2) is 0 Å². The zero-order valence-corrected chi connectivity index (χ0v) is 12.9. The van der Waals surface area contributed by atoms with Crippen molar-refractivity contribution < 1.29 is 4.79 Å². The molecule has 3 nitrogen and oxygen atoms in total. The monoisotopic (exact) mass is 296 g/mol. The average Bonchev–Trinajstić information content (AvgIpc) is 2.88. The van der Waals surface area contributed by atoms with Gasteiger partial charge in [0.25, 0.3) is 0 Å². The Hall–Kier alpha value is -1.35. The van der Waals surface area contributed by atoms with E-state index in [-0.39, 0.29) is 0 Å². The van der Waals surface area contributed by atoms with Crippen LogP contribution in [0.4, 0.5) is 0 Å². The van der Waals surface area contributed by atoms with Gasteiger partial charge in [-0.3, -0.25) is 4.79 Å². The minimum Gasteiger partial charge on any atom is -0.352 e. The third-order valence-corrected chi connectivity index (χ3v) is 6.41. The fourth-order valence-electron chi connectivity index (χ4n) is 5.40. The van der Waals surface area contributed by atoms with Crippen molar-refractivity contribution in [2.24, 2.45) is 11.8 Å². The van der Waals surface area contributed by atoms with E-state index in [2.05, 4.69) is 34.9 Å². The van der Waals surface area contributed by atoms with Crippen molar-refractivity contribution in [3.63, 3.8) is 0 Å². The third kappa shape index (κ3) is 2.10. The fraction of sp³-hybridized carbons (Fsp3) is 0.632. The van der Waals surface area contributed by atoms with Crippen molar-refractivity contribution in [3.8, 4) is 0 Å². The van der Waals surface area contributed by atoms with Gasteiger partial charge in [0, 0.05) is 30.5 Å². The maximum Gasteiger partial charge on any atom is 0.220 e. The molecule has 5 rings (SSSR count). The van der Waals surface area contributed by atoms with Crippen LogP contribution < -0.4 is 10.6 Å². The number of carbonyl (C=O) groups excluding carboxylic acids is 1. The summed E-state index contributed by atoms with van der Waals surface area (Å²) < 4.78 is 0. The van der Waals surface area contributed by atoms with E-state index < -0.39 is 0 Å². The van der Waals surface area contributed by atoms with Crippen LogP contribution in [0.1, 0.15) is 49.1 Å². The average molecular weight is 296 g/mol. The molecular weight excluding hydrogens is 272 g/mol. The number of benzene rings is 1. The Morgan fingerprint density at radius 3 is 2.77 bits per heavy atom. The van der Waals surface area contributed by atoms with Crippen molar-refractivity contribution in [1.82, 2.24) is 10.6 Å². The number of amides is 1. The Morgan fingerprint density at radius 1 is 1.18 bits per heavy atom. The maximum absolute atomic E-state index is 12.4. The number of nitrogens with one attached hydrogen (secondary N) is 2. The highest BCUT2D eigenvalue weighted by Crippen LogP contribution is 2.56. The minimum absolute atomic E-state index is 0.295. The molecule has 2 saturated heterocycles. The molecule has 2 aliphatic heterocycles. The van der Waals surface area contributed by atoms with Gasteiger partial charge in [-0.05, 0) is 55.1 Å². The van der Waals surface area contributed by atoms with Crippen LogP contribution in [-0.4, -0.2) is 24.0 Å². The number of fused-ring (bicyclic) bond motifs is 5. The smallest absolute Gasteiger partial charge is 0.220 e. The van der Waals surface area contributed by atoms with Crippen LogP contribution in [0.2, 0.25) is 0 Å². The summed E-state index contributed by atoms with van der Waals surface area (Å²) in [4.78, 5) is 12.4. The first kappa shape index (κ1) is 13.1. The topological polar surface area (TPSA) is 41.1 Å². The van der Waals surface area contributed by atoms with Gasteiger partial charge in [-0.2, -0.15) is 0 Å². The summed E-state index contributed by atoms with van der Waals surface area (Å²) in [5, 5.41) is 6.99. The molecule has 0 radical (unpaired) electrons. The summed E-state index contributed by atoms with van der Waals surface area (Å²) in [6.45, 7) is 0. The van der Waals surface area contributed by atoms with Crippen LogP contribution in [0.5, 0.6) is 0 Å². The molecule has 116 valence electrons. The molecule has 5 unspecified atom stereocenters. The second kappa shape index (κ2) is 4.82. The second-order valence-corrected chi connectivity index (χ2v) is 7.87. The normalized spacial score (nSPS) is 40.9. The first-order chi connectivity index (χ1) is 10.8. The van der Waals surface area contributed by atoms with Crippen LogP contribution in [-0.2, 0) is 11.2 Å². The lowest BCUT2D eigenvalue weighted by Gasteiger charge is -2.28. The van der Waals surface area contributed by atoms with Crippen molar-refractivity contribution in [3.05, 3.63) is 35.4 Å². The highest BCUT2D eigenvalue weighted by atomic mass is 16.1. The van der Waals surface area contributed by atoms with Crippen LogP contribution in [0.15, 0.2) is 24.3 Å². The van der Waals surface area contributed by atoms with Crippen molar-refractivity contribution in [2.75, 3.05) is 0 Å². The number of hydrogen-bond acceptors (Lipinski definition) is 2. The van der Waals surface area contributed by atoms with Crippen molar-refractivity contribution in [1.29, 1.82) is 0 Å². The fourth-order valence-corrected chi connectivity index (χ4v) is 5.40. The van der Waals surface area contributed by atoms with Crippen LogP contribution >= 0.6 is 0 Å². The van der Waals surface area contributed by atoms with Crippen molar-refractivity contribution in [2.45, 2.75) is 62.6 Å². The molecule has 1 aromatic carbocycles. The van der Waals surface area contributed by atoms with E-state index >= 15 is 0 Å². The van der Waals surface area contributed by atoms with Gasteiger partial charge in [0.1, 0.15) is 0 Å². The zero-order valence-electron chi connectivity index (χ0n) is 12.9. The van der Waals surface area contributed by atoms with E-state index in [1.165, 1.54) is 36.8 Å². The van der Waals surface area contributed by atoms with Crippen LogP contribution in [0.25, 0.3) is 0 Å². The molecule has 1 amide bonds. The zero-order chi connectivity index (χ0) is 14.7. The Kier molecular flexibility index (Phi) is 2.88. The van der Waals surface area contributed by atoms with Gasteiger partial charge in [-0.1, -0.05) is 24.3 Å².